The maximum absolute atomic E-state index is 12.2. The highest BCUT2D eigenvalue weighted by atomic mass is 16.1. The van der Waals surface area contributed by atoms with Crippen molar-refractivity contribution in [2.24, 2.45) is 0 Å². The molecule has 0 radical (unpaired) electrons. The van der Waals surface area contributed by atoms with Crippen LogP contribution in [0.1, 0.15) is 64.9 Å². The lowest BCUT2D eigenvalue weighted by Crippen LogP contribution is -2.38. The highest BCUT2D eigenvalue weighted by Gasteiger charge is 2.18. The number of hydrogen-bond donors (Lipinski definition) is 2. The lowest BCUT2D eigenvalue weighted by Gasteiger charge is -2.23. The van der Waals surface area contributed by atoms with E-state index in [9.17, 15) is 4.79 Å². The zero-order valence-electron chi connectivity index (χ0n) is 14.2. The molecule has 1 saturated carbocycles. The fourth-order valence-corrected chi connectivity index (χ4v) is 3.17. The Morgan fingerprint density at radius 3 is 2.36 bits per heavy atom. The first-order valence-electron chi connectivity index (χ1n) is 8.59. The van der Waals surface area contributed by atoms with Gasteiger partial charge in [-0.05, 0) is 29.9 Å². The molecule has 0 atom stereocenters. The summed E-state index contributed by atoms with van der Waals surface area (Å²) in [6.45, 7) is 6.93. The van der Waals surface area contributed by atoms with Crippen LogP contribution in [0.4, 0.5) is 5.69 Å². The van der Waals surface area contributed by atoms with Gasteiger partial charge in [0.15, 0.2) is 0 Å². The van der Waals surface area contributed by atoms with Crippen LogP contribution in [0.2, 0.25) is 0 Å². The van der Waals surface area contributed by atoms with Crippen LogP contribution in [0, 0.1) is 0 Å². The summed E-state index contributed by atoms with van der Waals surface area (Å²) in [5.41, 5.74) is 2.38. The van der Waals surface area contributed by atoms with Crippen LogP contribution in [0.15, 0.2) is 24.3 Å². The summed E-state index contributed by atoms with van der Waals surface area (Å²) in [6.07, 6.45) is 7.36. The summed E-state index contributed by atoms with van der Waals surface area (Å²) in [5.74, 6) is 0.107. The van der Waals surface area contributed by atoms with Gasteiger partial charge < -0.3 is 10.6 Å². The van der Waals surface area contributed by atoms with Crippen molar-refractivity contribution in [2.75, 3.05) is 11.9 Å². The molecule has 0 aromatic heterocycles. The van der Waals surface area contributed by atoms with Gasteiger partial charge >= 0.3 is 0 Å². The standard InChI is InChI=1S/C19H30N2O/c1-19(2,3)16-12-8-9-13-17(16)20-14-18(22)21-15-10-6-4-5-7-11-15/h8-9,12-13,15,20H,4-7,10-11,14H2,1-3H3,(H,21,22). The van der Waals surface area contributed by atoms with Crippen LogP contribution in [-0.4, -0.2) is 18.5 Å². The van der Waals surface area contributed by atoms with Crippen LogP contribution >= 0.6 is 0 Å². The topological polar surface area (TPSA) is 41.1 Å². The van der Waals surface area contributed by atoms with Gasteiger partial charge in [-0.1, -0.05) is 64.7 Å². The second-order valence-electron chi connectivity index (χ2n) is 7.41. The fourth-order valence-electron chi connectivity index (χ4n) is 3.17. The van der Waals surface area contributed by atoms with E-state index >= 15 is 0 Å². The summed E-state index contributed by atoms with van der Waals surface area (Å²) in [5, 5.41) is 6.50. The molecule has 122 valence electrons. The molecule has 2 N–H and O–H groups in total. The molecule has 0 saturated heterocycles. The van der Waals surface area contributed by atoms with Crippen molar-refractivity contribution < 1.29 is 4.79 Å². The van der Waals surface area contributed by atoms with Gasteiger partial charge in [-0.25, -0.2) is 0 Å². The number of carbonyl (C=O) groups is 1. The molecule has 1 aromatic carbocycles. The van der Waals surface area contributed by atoms with Gasteiger partial charge in [-0.15, -0.1) is 0 Å². The third-order valence-electron chi connectivity index (χ3n) is 4.39. The molecular formula is C19H30N2O. The minimum atomic E-state index is 0.0708. The number of para-hydroxylation sites is 1. The Morgan fingerprint density at radius 1 is 1.09 bits per heavy atom. The molecule has 22 heavy (non-hydrogen) atoms. The quantitative estimate of drug-likeness (QED) is 0.817. The SMILES string of the molecule is CC(C)(C)c1ccccc1NCC(=O)NC1CCCCCC1. The Morgan fingerprint density at radius 2 is 1.73 bits per heavy atom. The molecular weight excluding hydrogens is 272 g/mol. The molecule has 0 spiro atoms. The Hall–Kier alpha value is -1.51. The smallest absolute Gasteiger partial charge is 0.239 e. The lowest BCUT2D eigenvalue weighted by molar-refractivity contribution is -0.120. The second kappa shape index (κ2) is 7.66. The minimum Gasteiger partial charge on any atom is -0.376 e. The normalized spacial score (nSPS) is 16.9. The first-order valence-corrected chi connectivity index (χ1v) is 8.59. The average molecular weight is 302 g/mol. The van der Waals surface area contributed by atoms with Crippen molar-refractivity contribution in [1.82, 2.24) is 5.32 Å². The molecule has 3 heteroatoms. The third kappa shape index (κ3) is 5.04. The van der Waals surface area contributed by atoms with Crippen molar-refractivity contribution >= 4 is 11.6 Å². The van der Waals surface area contributed by atoms with Crippen molar-refractivity contribution in [3.8, 4) is 0 Å². The molecule has 0 bridgehead atoms. The largest absolute Gasteiger partial charge is 0.376 e. The molecule has 0 heterocycles. The van der Waals surface area contributed by atoms with Crippen molar-refractivity contribution in [3.63, 3.8) is 0 Å². The van der Waals surface area contributed by atoms with Gasteiger partial charge in [0.25, 0.3) is 0 Å². The number of hydrogen-bond acceptors (Lipinski definition) is 2. The van der Waals surface area contributed by atoms with Crippen LogP contribution in [-0.2, 0) is 10.2 Å². The molecule has 1 aliphatic carbocycles. The summed E-state index contributed by atoms with van der Waals surface area (Å²) < 4.78 is 0. The van der Waals surface area contributed by atoms with E-state index in [2.05, 4.69) is 49.6 Å². The average Bonchev–Trinajstić information content (AvgIpc) is 2.73. The van der Waals surface area contributed by atoms with Crippen LogP contribution in [0.3, 0.4) is 0 Å². The third-order valence-corrected chi connectivity index (χ3v) is 4.39. The summed E-state index contributed by atoms with van der Waals surface area (Å²) in [7, 11) is 0. The summed E-state index contributed by atoms with van der Waals surface area (Å²) in [4.78, 5) is 12.2. The van der Waals surface area contributed by atoms with Crippen molar-refractivity contribution in [2.45, 2.75) is 70.8 Å². The van der Waals surface area contributed by atoms with E-state index in [1.165, 1.54) is 31.2 Å². The van der Waals surface area contributed by atoms with Crippen molar-refractivity contribution in [1.29, 1.82) is 0 Å². The first-order chi connectivity index (χ1) is 10.5. The highest BCUT2D eigenvalue weighted by Crippen LogP contribution is 2.29. The van der Waals surface area contributed by atoms with Gasteiger partial charge in [-0.2, -0.15) is 0 Å². The summed E-state index contributed by atoms with van der Waals surface area (Å²) >= 11 is 0. The molecule has 1 aromatic rings. The first kappa shape index (κ1) is 16.9. The van der Waals surface area contributed by atoms with Gasteiger partial charge in [0, 0.05) is 11.7 Å². The Bertz CT molecular complexity index is 482. The maximum Gasteiger partial charge on any atom is 0.239 e. The number of rotatable bonds is 4. The lowest BCUT2D eigenvalue weighted by atomic mass is 9.86. The van der Waals surface area contributed by atoms with E-state index in [-0.39, 0.29) is 11.3 Å². The van der Waals surface area contributed by atoms with E-state index in [1.807, 2.05) is 6.07 Å². The molecule has 0 aliphatic heterocycles. The number of carbonyl (C=O) groups excluding carboxylic acids is 1. The Kier molecular flexibility index (Phi) is 5.87. The molecule has 1 fully saturated rings. The Labute approximate surface area is 134 Å². The molecule has 2 rings (SSSR count). The van der Waals surface area contributed by atoms with Gasteiger partial charge in [-0.3, -0.25) is 4.79 Å². The number of benzene rings is 1. The van der Waals surface area contributed by atoms with Gasteiger partial charge in [0.05, 0.1) is 6.54 Å². The van der Waals surface area contributed by atoms with E-state index < -0.39 is 0 Å². The molecule has 0 unspecified atom stereocenters. The van der Waals surface area contributed by atoms with E-state index in [0.29, 0.717) is 12.6 Å². The predicted octanol–water partition coefficient (Wildman–Crippen LogP) is 4.24. The van der Waals surface area contributed by atoms with E-state index in [0.717, 1.165) is 18.5 Å². The zero-order valence-corrected chi connectivity index (χ0v) is 14.2. The van der Waals surface area contributed by atoms with Crippen LogP contribution in [0.25, 0.3) is 0 Å². The second-order valence-corrected chi connectivity index (χ2v) is 7.41. The maximum atomic E-state index is 12.2. The molecule has 1 amide bonds. The minimum absolute atomic E-state index is 0.0708. The van der Waals surface area contributed by atoms with Crippen molar-refractivity contribution in [3.05, 3.63) is 29.8 Å². The summed E-state index contributed by atoms with van der Waals surface area (Å²) in [6, 6.07) is 8.62. The number of amides is 1. The Balaban J connectivity index is 1.88. The van der Waals surface area contributed by atoms with Gasteiger partial charge in [0.2, 0.25) is 5.91 Å². The van der Waals surface area contributed by atoms with Gasteiger partial charge in [0.1, 0.15) is 0 Å². The van der Waals surface area contributed by atoms with Crippen LogP contribution in [0.5, 0.6) is 0 Å². The number of nitrogens with one attached hydrogen (secondary N) is 2. The van der Waals surface area contributed by atoms with E-state index in [4.69, 9.17) is 0 Å². The zero-order chi connectivity index (χ0) is 16.0. The monoisotopic (exact) mass is 302 g/mol. The van der Waals surface area contributed by atoms with E-state index in [1.54, 1.807) is 0 Å². The van der Waals surface area contributed by atoms with Crippen LogP contribution < -0.4 is 10.6 Å². The fraction of sp³-hybridized carbons (Fsp3) is 0.632. The molecule has 3 nitrogen and oxygen atoms in total. The molecule has 1 aliphatic rings. The predicted molar refractivity (Wildman–Crippen MR) is 93.3 cm³/mol. The number of anilines is 1. The highest BCUT2D eigenvalue weighted by molar-refractivity contribution is 5.81.